The molecule has 15 heteroatoms. The minimum atomic E-state index is -2.39. The zero-order chi connectivity index (χ0) is 43.2. The number of benzene rings is 3. The molecule has 0 N–H and O–H groups in total. The molecule has 0 aliphatic heterocycles. The molecule has 0 bridgehead atoms. The highest BCUT2D eigenvalue weighted by molar-refractivity contribution is 6.89. The molecular formula is C44H64N2O9Si4. The molecule has 0 saturated heterocycles. The van der Waals surface area contributed by atoms with E-state index >= 15 is 0 Å². The van der Waals surface area contributed by atoms with Crippen LogP contribution < -0.4 is 27.0 Å². The zero-order valence-corrected chi connectivity index (χ0v) is 40.8. The maximum absolute atomic E-state index is 13.5. The highest BCUT2D eigenvalue weighted by atomic mass is 28.5. The summed E-state index contributed by atoms with van der Waals surface area (Å²) in [6.45, 7) is 21.2. The maximum atomic E-state index is 13.5. The highest BCUT2D eigenvalue weighted by Crippen LogP contribution is 2.29. The summed E-state index contributed by atoms with van der Waals surface area (Å²) in [7, 11) is -6.76. The largest absolute Gasteiger partial charge is 0.494 e. The molecule has 0 amide bonds. The fourth-order valence-electron chi connectivity index (χ4n) is 8.24. The first-order chi connectivity index (χ1) is 27.7. The van der Waals surface area contributed by atoms with E-state index in [0.29, 0.717) is 23.7 Å². The molecule has 0 atom stereocenters. The Bertz CT molecular complexity index is 2320. The van der Waals surface area contributed by atoms with E-state index in [1.165, 1.54) is 31.4 Å². The third-order valence-electron chi connectivity index (χ3n) is 10.6. The van der Waals surface area contributed by atoms with Crippen LogP contribution in [0.3, 0.4) is 0 Å². The topological polar surface area (TPSA) is 124 Å². The van der Waals surface area contributed by atoms with E-state index in [2.05, 4.69) is 52.4 Å². The van der Waals surface area contributed by atoms with E-state index in [0.717, 1.165) is 65.5 Å². The van der Waals surface area contributed by atoms with Crippen molar-refractivity contribution in [3.05, 3.63) is 108 Å². The van der Waals surface area contributed by atoms with Crippen LogP contribution in [0.5, 0.6) is 5.75 Å². The molecule has 0 radical (unpaired) electrons. The quantitative estimate of drug-likeness (QED) is 0.0467. The predicted octanol–water partition coefficient (Wildman–Crippen LogP) is 9.21. The number of methoxy groups -OCH3 is 1. The highest BCUT2D eigenvalue weighted by Gasteiger charge is 2.43. The maximum Gasteiger partial charge on any atom is 0.312 e. The molecule has 5 rings (SSSR count). The van der Waals surface area contributed by atoms with Gasteiger partial charge in [-0.25, -0.2) is 9.13 Å². The van der Waals surface area contributed by atoms with Crippen LogP contribution in [-0.2, 0) is 17.1 Å². The fourth-order valence-corrected chi connectivity index (χ4v) is 27.7. The van der Waals surface area contributed by atoms with Crippen LogP contribution >= 0.6 is 0 Å². The van der Waals surface area contributed by atoms with Crippen molar-refractivity contribution in [2.45, 2.75) is 123 Å². The van der Waals surface area contributed by atoms with Crippen LogP contribution in [0.4, 0.5) is 0 Å². The van der Waals surface area contributed by atoms with Gasteiger partial charge in [-0.05, 0) is 133 Å². The van der Waals surface area contributed by atoms with Crippen molar-refractivity contribution in [1.82, 2.24) is 9.13 Å². The summed E-state index contributed by atoms with van der Waals surface area (Å²) in [5.41, 5.74) is -0.308. The molecular weight excluding hydrogens is 813 g/mol. The van der Waals surface area contributed by atoms with Gasteiger partial charge in [0, 0.05) is 13.7 Å². The number of unbranched alkanes of at least 4 members (excludes halogenated alkanes) is 6. The van der Waals surface area contributed by atoms with E-state index in [9.17, 15) is 19.2 Å². The van der Waals surface area contributed by atoms with E-state index in [4.69, 9.17) is 21.8 Å². The molecule has 0 aliphatic carbocycles. The number of aryl methyl sites for hydroxylation is 1. The Hall–Kier alpha value is -3.55. The average molecular weight is 877 g/mol. The van der Waals surface area contributed by atoms with Gasteiger partial charge in [-0.3, -0.25) is 19.2 Å². The van der Waals surface area contributed by atoms with Crippen LogP contribution in [0.1, 0.15) is 56.9 Å². The average Bonchev–Trinajstić information content (AvgIpc) is 3.53. The summed E-state index contributed by atoms with van der Waals surface area (Å²) in [4.78, 5) is 53.6. The third-order valence-corrected chi connectivity index (χ3v) is 26.0. The molecule has 320 valence electrons. The molecule has 0 aliphatic rings. The van der Waals surface area contributed by atoms with Gasteiger partial charge in [-0.2, -0.15) is 0 Å². The van der Waals surface area contributed by atoms with Crippen molar-refractivity contribution in [3.8, 4) is 17.1 Å². The monoisotopic (exact) mass is 876 g/mol. The van der Waals surface area contributed by atoms with Crippen LogP contribution in [0, 0.1) is 6.92 Å². The molecule has 2 heterocycles. The first-order valence-electron chi connectivity index (χ1n) is 21.1. The fraction of sp³-hybridized carbons (Fsp3) is 0.500. The van der Waals surface area contributed by atoms with Crippen molar-refractivity contribution >= 4 is 55.3 Å². The number of hydrogen-bond acceptors (Lipinski definition) is 9. The van der Waals surface area contributed by atoms with Gasteiger partial charge in [0.05, 0.1) is 39.5 Å². The molecule has 2 aromatic heterocycles. The van der Waals surface area contributed by atoms with Crippen LogP contribution in [0.2, 0.25) is 64.5 Å². The normalized spacial score (nSPS) is 12.9. The molecule has 0 fully saturated rings. The van der Waals surface area contributed by atoms with E-state index < -0.39 is 56.0 Å². The Balaban J connectivity index is 1.07. The second-order valence-corrected chi connectivity index (χ2v) is 34.0. The lowest BCUT2D eigenvalue weighted by Gasteiger charge is -2.41. The summed E-state index contributed by atoms with van der Waals surface area (Å²) in [6.07, 6.45) is 8.85. The zero-order valence-electron chi connectivity index (χ0n) is 36.8. The first kappa shape index (κ1) is 46.5. The number of aromatic nitrogens is 2. The van der Waals surface area contributed by atoms with Gasteiger partial charge < -0.3 is 21.8 Å². The van der Waals surface area contributed by atoms with Crippen LogP contribution in [-0.4, -0.2) is 63.2 Å². The molecule has 0 unspecified atom stereocenters. The SMILES string of the molecule is COCCCCCC[Si](C)(C)O[Si](C)(C)O[Si](C)(C)O[Si](C)(C)CCCCCCOc1ccc(-n2c(=O)c3cc4c(=O)n(-c5ccc(C)cc5)c(=O)c4cc3c2=O)cc1. The minimum Gasteiger partial charge on any atom is -0.494 e. The van der Waals surface area contributed by atoms with Crippen LogP contribution in [0.25, 0.3) is 32.9 Å². The second kappa shape index (κ2) is 19.4. The summed E-state index contributed by atoms with van der Waals surface area (Å²) in [5.74, 6) is 0.644. The lowest BCUT2D eigenvalue weighted by molar-refractivity contribution is 0.192. The summed E-state index contributed by atoms with van der Waals surface area (Å²) in [5, 5.41) is 0.425. The third kappa shape index (κ3) is 12.3. The molecule has 0 saturated carbocycles. The smallest absolute Gasteiger partial charge is 0.312 e. The van der Waals surface area contributed by atoms with Gasteiger partial charge in [-0.15, -0.1) is 0 Å². The van der Waals surface area contributed by atoms with E-state index in [1.54, 1.807) is 43.5 Å². The van der Waals surface area contributed by atoms with Gasteiger partial charge in [0.15, 0.2) is 16.6 Å². The number of rotatable bonds is 23. The molecule has 0 spiro atoms. The van der Waals surface area contributed by atoms with Gasteiger partial charge in [-0.1, -0.05) is 56.2 Å². The van der Waals surface area contributed by atoms with Crippen molar-refractivity contribution in [2.24, 2.45) is 0 Å². The predicted molar refractivity (Wildman–Crippen MR) is 249 cm³/mol. The minimum absolute atomic E-state index is 0.102. The lowest BCUT2D eigenvalue weighted by atomic mass is 10.1. The van der Waals surface area contributed by atoms with E-state index in [1.807, 2.05) is 19.1 Å². The van der Waals surface area contributed by atoms with E-state index in [-0.39, 0.29) is 21.5 Å². The number of fused-ring (bicyclic) bond motifs is 2. The van der Waals surface area contributed by atoms with Crippen molar-refractivity contribution < 1.29 is 21.8 Å². The standard InChI is InChI=1S/C44H64N2O9Si4/c1-33-19-21-34(22-20-33)45-41(47)37-31-39-40(32-38(37)42(45)48)44(50)46(43(39)49)35-23-25-36(26-24-35)52-28-16-12-14-18-30-57(5,6)54-59(9,10)55-58(7,8)53-56(3,4)29-17-13-11-15-27-51-2/h19-26,31-32H,11-18,27-30H2,1-10H3. The Labute approximate surface area is 352 Å². The van der Waals surface area contributed by atoms with Gasteiger partial charge in [0.2, 0.25) is 0 Å². The molecule has 5 aromatic rings. The number of hydrogen-bond donors (Lipinski definition) is 0. The first-order valence-corrected chi connectivity index (χ1v) is 32.9. The van der Waals surface area contributed by atoms with Crippen molar-refractivity contribution in [1.29, 1.82) is 0 Å². The number of ether oxygens (including phenoxy) is 2. The Morgan fingerprint density at radius 1 is 0.475 bits per heavy atom. The summed E-state index contributed by atoms with van der Waals surface area (Å²) >= 11 is 0. The molecule has 3 aromatic carbocycles. The summed E-state index contributed by atoms with van der Waals surface area (Å²) < 4.78 is 33.7. The molecule has 11 nitrogen and oxygen atoms in total. The van der Waals surface area contributed by atoms with Gasteiger partial charge >= 0.3 is 17.1 Å². The molecule has 59 heavy (non-hydrogen) atoms. The second-order valence-electron chi connectivity index (χ2n) is 18.0. The van der Waals surface area contributed by atoms with Gasteiger partial charge in [0.1, 0.15) is 5.75 Å². The van der Waals surface area contributed by atoms with Gasteiger partial charge in [0.25, 0.3) is 22.2 Å². The Kier molecular flexibility index (Phi) is 15.3. The van der Waals surface area contributed by atoms with Crippen LogP contribution in [0.15, 0.2) is 79.8 Å². The van der Waals surface area contributed by atoms with Crippen molar-refractivity contribution in [3.63, 3.8) is 0 Å². The summed E-state index contributed by atoms with van der Waals surface area (Å²) in [6, 6.07) is 18.8. The Morgan fingerprint density at radius 2 is 0.847 bits per heavy atom. The van der Waals surface area contributed by atoms with Crippen molar-refractivity contribution in [2.75, 3.05) is 20.3 Å². The Morgan fingerprint density at radius 3 is 1.25 bits per heavy atom. The lowest BCUT2D eigenvalue weighted by Crippen LogP contribution is -2.56. The number of nitrogens with zero attached hydrogens (tertiary/aromatic N) is 2.